The number of aromatic nitrogens is 3. The second-order valence-corrected chi connectivity index (χ2v) is 8.24. The lowest BCUT2D eigenvalue weighted by Gasteiger charge is -2.37. The van der Waals surface area contributed by atoms with Crippen molar-refractivity contribution in [3.63, 3.8) is 0 Å². The average Bonchev–Trinajstić information content (AvgIpc) is 3.24. The molecule has 162 valence electrons. The number of halogens is 1. The van der Waals surface area contributed by atoms with E-state index >= 15 is 0 Å². The lowest BCUT2D eigenvalue weighted by molar-refractivity contribution is 0.0746. The van der Waals surface area contributed by atoms with E-state index in [0.717, 1.165) is 18.7 Å². The summed E-state index contributed by atoms with van der Waals surface area (Å²) in [5.41, 5.74) is 5.69. The number of rotatable bonds is 3. The zero-order valence-electron chi connectivity index (χ0n) is 18.1. The lowest BCUT2D eigenvalue weighted by Crippen LogP contribution is -2.49. The summed E-state index contributed by atoms with van der Waals surface area (Å²) in [5, 5.41) is 8.44. The minimum Gasteiger partial charge on any atom is -0.368 e. The van der Waals surface area contributed by atoms with Gasteiger partial charge in [-0.15, -0.1) is 10.2 Å². The van der Waals surface area contributed by atoms with E-state index < -0.39 is 0 Å². The van der Waals surface area contributed by atoms with Crippen molar-refractivity contribution < 1.29 is 9.18 Å². The molecule has 1 aliphatic rings. The third-order valence-corrected chi connectivity index (χ3v) is 6.03. The Balaban J connectivity index is 1.32. The summed E-state index contributed by atoms with van der Waals surface area (Å²) in [6.07, 6.45) is 1.80. The van der Waals surface area contributed by atoms with Gasteiger partial charge in [0.15, 0.2) is 11.5 Å². The van der Waals surface area contributed by atoms with E-state index in [1.54, 1.807) is 30.5 Å². The van der Waals surface area contributed by atoms with E-state index in [9.17, 15) is 9.18 Å². The Morgan fingerprint density at radius 3 is 2.41 bits per heavy atom. The van der Waals surface area contributed by atoms with Crippen molar-refractivity contribution in [2.24, 2.45) is 0 Å². The predicted molar refractivity (Wildman–Crippen MR) is 122 cm³/mol. The number of carbonyl (C=O) groups is 1. The van der Waals surface area contributed by atoms with Gasteiger partial charge >= 0.3 is 0 Å². The average molecular weight is 429 g/mol. The molecule has 4 aromatic rings. The standard InChI is InChI=1S/C25H24FN5O/c1-17-3-4-18(2)22(15-17)29-11-13-30(14-12-29)25(32)20-9-10-31-23(16-20)27-28-24(31)19-5-7-21(26)8-6-19/h3-10,15-16H,11-14H2,1-2H3. The van der Waals surface area contributed by atoms with Crippen LogP contribution in [0.15, 0.2) is 60.8 Å². The van der Waals surface area contributed by atoms with E-state index in [1.807, 2.05) is 9.30 Å². The van der Waals surface area contributed by atoms with Gasteiger partial charge in [0.2, 0.25) is 0 Å². The molecular weight excluding hydrogens is 405 g/mol. The summed E-state index contributed by atoms with van der Waals surface area (Å²) < 4.78 is 15.0. The van der Waals surface area contributed by atoms with Gasteiger partial charge in [-0.3, -0.25) is 9.20 Å². The summed E-state index contributed by atoms with van der Waals surface area (Å²) in [6, 6.07) is 16.2. The number of hydrogen-bond acceptors (Lipinski definition) is 4. The quantitative estimate of drug-likeness (QED) is 0.492. The van der Waals surface area contributed by atoms with E-state index in [4.69, 9.17) is 0 Å². The van der Waals surface area contributed by atoms with Crippen molar-refractivity contribution in [2.45, 2.75) is 13.8 Å². The molecule has 0 bridgehead atoms. The summed E-state index contributed by atoms with van der Waals surface area (Å²) in [6.45, 7) is 7.18. The predicted octanol–water partition coefficient (Wildman–Crippen LogP) is 4.11. The highest BCUT2D eigenvalue weighted by molar-refractivity contribution is 5.95. The van der Waals surface area contributed by atoms with E-state index in [-0.39, 0.29) is 11.7 Å². The van der Waals surface area contributed by atoms with Crippen LogP contribution in [0.2, 0.25) is 0 Å². The summed E-state index contributed by atoms with van der Waals surface area (Å²) in [5.74, 6) is 0.314. The molecule has 2 aromatic carbocycles. The van der Waals surface area contributed by atoms with Crippen molar-refractivity contribution in [1.82, 2.24) is 19.5 Å². The molecule has 0 radical (unpaired) electrons. The molecular formula is C25H24FN5O. The van der Waals surface area contributed by atoms with Gasteiger partial charge in [0, 0.05) is 49.2 Å². The van der Waals surface area contributed by atoms with Crippen LogP contribution in [0.5, 0.6) is 0 Å². The van der Waals surface area contributed by atoms with Crippen LogP contribution in [0.3, 0.4) is 0 Å². The minimum absolute atomic E-state index is 0.000513. The highest BCUT2D eigenvalue weighted by atomic mass is 19.1. The molecule has 0 aliphatic carbocycles. The van der Waals surface area contributed by atoms with Gasteiger partial charge < -0.3 is 9.80 Å². The zero-order valence-corrected chi connectivity index (χ0v) is 18.1. The van der Waals surface area contributed by atoms with Gasteiger partial charge in [-0.1, -0.05) is 12.1 Å². The normalized spacial score (nSPS) is 14.2. The number of amides is 1. The number of hydrogen-bond donors (Lipinski definition) is 0. The van der Waals surface area contributed by atoms with Crippen LogP contribution in [0.4, 0.5) is 10.1 Å². The van der Waals surface area contributed by atoms with Crippen LogP contribution in [0.25, 0.3) is 17.0 Å². The first-order valence-corrected chi connectivity index (χ1v) is 10.7. The van der Waals surface area contributed by atoms with E-state index in [1.165, 1.54) is 28.9 Å². The molecule has 0 spiro atoms. The summed E-state index contributed by atoms with van der Waals surface area (Å²) >= 11 is 0. The van der Waals surface area contributed by atoms with Gasteiger partial charge in [0.1, 0.15) is 5.82 Å². The Labute approximate surface area is 185 Å². The van der Waals surface area contributed by atoms with Crippen molar-refractivity contribution in [1.29, 1.82) is 0 Å². The van der Waals surface area contributed by atoms with Gasteiger partial charge in [-0.05, 0) is 67.4 Å². The monoisotopic (exact) mass is 429 g/mol. The second kappa shape index (κ2) is 8.07. The van der Waals surface area contributed by atoms with Crippen LogP contribution in [-0.4, -0.2) is 51.6 Å². The molecule has 5 rings (SSSR count). The molecule has 0 unspecified atom stereocenters. The minimum atomic E-state index is -0.298. The van der Waals surface area contributed by atoms with Crippen LogP contribution >= 0.6 is 0 Å². The molecule has 1 aliphatic heterocycles. The highest BCUT2D eigenvalue weighted by Crippen LogP contribution is 2.24. The first kappa shape index (κ1) is 20.2. The Morgan fingerprint density at radius 2 is 1.66 bits per heavy atom. The Morgan fingerprint density at radius 1 is 0.906 bits per heavy atom. The van der Waals surface area contributed by atoms with Crippen molar-refractivity contribution in [3.05, 3.63) is 83.3 Å². The Kier molecular flexibility index (Phi) is 5.09. The van der Waals surface area contributed by atoms with E-state index in [2.05, 4.69) is 47.1 Å². The van der Waals surface area contributed by atoms with Gasteiger partial charge in [0.25, 0.3) is 5.91 Å². The first-order valence-electron chi connectivity index (χ1n) is 10.7. The first-order chi connectivity index (χ1) is 15.5. The van der Waals surface area contributed by atoms with Crippen LogP contribution in [0.1, 0.15) is 21.5 Å². The number of anilines is 1. The number of benzene rings is 2. The van der Waals surface area contributed by atoms with Crippen molar-refractivity contribution >= 4 is 17.2 Å². The van der Waals surface area contributed by atoms with E-state index in [0.29, 0.717) is 30.1 Å². The molecule has 3 heterocycles. The van der Waals surface area contributed by atoms with Crippen molar-refractivity contribution in [2.75, 3.05) is 31.1 Å². The molecule has 32 heavy (non-hydrogen) atoms. The number of fused-ring (bicyclic) bond motifs is 1. The number of nitrogens with zero attached hydrogens (tertiary/aromatic N) is 5. The van der Waals surface area contributed by atoms with Gasteiger partial charge in [0.05, 0.1) is 0 Å². The second-order valence-electron chi connectivity index (χ2n) is 8.24. The van der Waals surface area contributed by atoms with Crippen LogP contribution in [-0.2, 0) is 0 Å². The molecule has 0 saturated carbocycles. The summed E-state index contributed by atoms with van der Waals surface area (Å²) in [7, 11) is 0. The smallest absolute Gasteiger partial charge is 0.254 e. The molecule has 1 amide bonds. The number of carbonyl (C=O) groups excluding carboxylic acids is 1. The molecule has 6 nitrogen and oxygen atoms in total. The maximum Gasteiger partial charge on any atom is 0.254 e. The molecule has 0 atom stereocenters. The van der Waals surface area contributed by atoms with Crippen molar-refractivity contribution in [3.8, 4) is 11.4 Å². The number of piperazine rings is 1. The number of aryl methyl sites for hydroxylation is 2. The molecule has 7 heteroatoms. The Hall–Kier alpha value is -3.74. The topological polar surface area (TPSA) is 53.7 Å². The molecule has 0 N–H and O–H groups in total. The van der Waals surface area contributed by atoms with Crippen LogP contribution < -0.4 is 4.90 Å². The fourth-order valence-corrected chi connectivity index (χ4v) is 4.21. The molecule has 1 saturated heterocycles. The summed E-state index contributed by atoms with van der Waals surface area (Å²) in [4.78, 5) is 17.4. The highest BCUT2D eigenvalue weighted by Gasteiger charge is 2.24. The fraction of sp³-hybridized carbons (Fsp3) is 0.240. The zero-order chi connectivity index (χ0) is 22.2. The molecule has 1 fully saturated rings. The maximum atomic E-state index is 13.2. The third kappa shape index (κ3) is 3.70. The molecule has 2 aromatic heterocycles. The SMILES string of the molecule is Cc1ccc(C)c(N2CCN(C(=O)c3ccn4c(-c5ccc(F)cc5)nnc4c3)CC2)c1. The fourth-order valence-electron chi connectivity index (χ4n) is 4.21. The lowest BCUT2D eigenvalue weighted by atomic mass is 10.1. The largest absolute Gasteiger partial charge is 0.368 e. The maximum absolute atomic E-state index is 13.2. The van der Waals surface area contributed by atoms with Gasteiger partial charge in [-0.2, -0.15) is 0 Å². The van der Waals surface area contributed by atoms with Gasteiger partial charge in [-0.25, -0.2) is 4.39 Å². The number of pyridine rings is 1. The Bertz CT molecular complexity index is 1290. The third-order valence-electron chi connectivity index (χ3n) is 6.03. The van der Waals surface area contributed by atoms with Crippen LogP contribution in [0, 0.1) is 19.7 Å².